The van der Waals surface area contributed by atoms with Gasteiger partial charge in [0.1, 0.15) is 0 Å². The number of aliphatic carboxylic acids is 4. The van der Waals surface area contributed by atoms with Crippen LogP contribution in [-0.4, -0.2) is 110 Å². The van der Waals surface area contributed by atoms with E-state index in [1.165, 1.54) is 180 Å². The second kappa shape index (κ2) is 66.8. The molecule has 336 valence electrons. The maximum absolute atomic E-state index is 10.1. The third kappa shape index (κ3) is 88.0. The standard InChI is InChI=1S/4C12H24O2.Ba.Ca/c4*1-2-3-4-5-6-7-8-9-10-11-12(13)14;;/h4*2-11H2,1H3,(H,13,14);;/q;;;;2*+2/p-4. The molecule has 0 spiro atoms. The maximum Gasteiger partial charge on any atom is 2.00 e. The molecule has 0 aromatic rings. The first kappa shape index (κ1) is 70.4. The second-order valence-corrected chi connectivity index (χ2v) is 15.8. The molecule has 0 aromatic heterocycles. The van der Waals surface area contributed by atoms with Crippen LogP contribution < -0.4 is 20.4 Å². The first-order valence-electron chi connectivity index (χ1n) is 23.9. The van der Waals surface area contributed by atoms with E-state index in [1.54, 1.807) is 0 Å². The molecule has 0 aliphatic carbocycles. The molecule has 0 rings (SSSR count). The van der Waals surface area contributed by atoms with Crippen molar-refractivity contribution in [1.29, 1.82) is 0 Å². The number of carbonyl (C=O) groups excluding carboxylic acids is 4. The second-order valence-electron chi connectivity index (χ2n) is 15.8. The molecular formula is C48H92BaCaO8. The number of carboxylic acids is 4. The number of unbranched alkanes of at least 4 members (excludes halogenated alkanes) is 32. The Hall–Kier alpha value is 0.711. The number of hydrogen-bond donors (Lipinski definition) is 0. The topological polar surface area (TPSA) is 161 Å². The summed E-state index contributed by atoms with van der Waals surface area (Å²) in [5.41, 5.74) is 0. The van der Waals surface area contributed by atoms with Crippen molar-refractivity contribution in [2.45, 2.75) is 285 Å². The molecule has 0 unspecified atom stereocenters. The van der Waals surface area contributed by atoms with Gasteiger partial charge in [-0.1, -0.05) is 233 Å². The SMILES string of the molecule is CCCCCCCCCCCC(=O)[O-].CCCCCCCCCCCC(=O)[O-].CCCCCCCCCCCC(=O)[O-].CCCCCCCCCCCC(=O)[O-].[Ba+2].[Ca+2]. The van der Waals surface area contributed by atoms with Crippen LogP contribution in [0.1, 0.15) is 285 Å². The summed E-state index contributed by atoms with van der Waals surface area (Å²) in [6.45, 7) is 8.89. The van der Waals surface area contributed by atoms with Gasteiger partial charge in [-0.05, 0) is 51.4 Å². The zero-order valence-electron chi connectivity index (χ0n) is 39.0. The van der Waals surface area contributed by atoms with E-state index in [0.29, 0.717) is 0 Å². The van der Waals surface area contributed by atoms with Crippen molar-refractivity contribution in [2.75, 3.05) is 0 Å². The van der Waals surface area contributed by atoms with E-state index < -0.39 is 23.9 Å². The van der Waals surface area contributed by atoms with Gasteiger partial charge < -0.3 is 39.6 Å². The molecule has 0 saturated heterocycles. The predicted octanol–water partition coefficient (Wildman–Crippen LogP) is 9.87. The van der Waals surface area contributed by atoms with E-state index in [1.807, 2.05) is 0 Å². The van der Waals surface area contributed by atoms with E-state index in [0.717, 1.165) is 51.4 Å². The van der Waals surface area contributed by atoms with Crippen molar-refractivity contribution in [3.63, 3.8) is 0 Å². The van der Waals surface area contributed by atoms with Crippen LogP contribution in [0, 0.1) is 0 Å². The van der Waals surface area contributed by atoms with Crippen LogP contribution in [0.3, 0.4) is 0 Å². The average Bonchev–Trinajstić information content (AvgIpc) is 3.15. The van der Waals surface area contributed by atoms with Gasteiger partial charge in [0.25, 0.3) is 0 Å². The summed E-state index contributed by atoms with van der Waals surface area (Å²) < 4.78 is 0. The maximum atomic E-state index is 10.1. The Labute approximate surface area is 429 Å². The molecule has 0 N–H and O–H groups in total. The quantitative estimate of drug-likeness (QED) is 0.0433. The molecule has 0 aliphatic heterocycles. The molecule has 0 amide bonds. The summed E-state index contributed by atoms with van der Waals surface area (Å²) in [6, 6.07) is 0. The van der Waals surface area contributed by atoms with E-state index >= 15 is 0 Å². The fourth-order valence-corrected chi connectivity index (χ4v) is 6.32. The predicted molar refractivity (Wildman–Crippen MR) is 239 cm³/mol. The van der Waals surface area contributed by atoms with Gasteiger partial charge in [-0.3, -0.25) is 0 Å². The monoisotopic (exact) mass is 975 g/mol. The Morgan fingerprint density at radius 2 is 0.345 bits per heavy atom. The molecule has 0 fully saturated rings. The number of carboxylic acid groups (broad SMARTS) is 4. The summed E-state index contributed by atoms with van der Waals surface area (Å²) in [5, 5.41) is 40.4. The summed E-state index contributed by atoms with van der Waals surface area (Å²) in [4.78, 5) is 40.4. The number of rotatable bonds is 40. The molecule has 10 heteroatoms. The Bertz CT molecular complexity index is 672. The number of carbonyl (C=O) groups is 4. The van der Waals surface area contributed by atoms with E-state index in [4.69, 9.17) is 0 Å². The number of hydrogen-bond acceptors (Lipinski definition) is 8. The minimum absolute atomic E-state index is 0. The normalized spacial score (nSPS) is 10.0. The van der Waals surface area contributed by atoms with E-state index in [-0.39, 0.29) is 112 Å². The molecule has 0 radical (unpaired) electrons. The molecule has 0 atom stereocenters. The molecule has 58 heavy (non-hydrogen) atoms. The van der Waals surface area contributed by atoms with E-state index in [9.17, 15) is 39.6 Å². The zero-order valence-corrected chi connectivity index (χ0v) is 45.6. The fourth-order valence-electron chi connectivity index (χ4n) is 6.32. The van der Waals surface area contributed by atoms with Gasteiger partial charge in [-0.15, -0.1) is 0 Å². The minimum atomic E-state index is -0.909. The van der Waals surface area contributed by atoms with Crippen molar-refractivity contribution in [1.82, 2.24) is 0 Å². The van der Waals surface area contributed by atoms with Crippen molar-refractivity contribution in [3.8, 4) is 0 Å². The fraction of sp³-hybridized carbons (Fsp3) is 0.917. The van der Waals surface area contributed by atoms with Gasteiger partial charge in [0, 0.05) is 23.9 Å². The molecule has 0 aliphatic rings. The molecule has 0 aromatic carbocycles. The van der Waals surface area contributed by atoms with Crippen LogP contribution in [0.15, 0.2) is 0 Å². The average molecular weight is 975 g/mol. The largest absolute Gasteiger partial charge is 2.00 e. The Kier molecular flexibility index (Phi) is 81.1. The van der Waals surface area contributed by atoms with Crippen LogP contribution in [0.2, 0.25) is 0 Å². The van der Waals surface area contributed by atoms with Crippen molar-refractivity contribution in [2.24, 2.45) is 0 Å². The minimum Gasteiger partial charge on any atom is -0.550 e. The van der Waals surface area contributed by atoms with Gasteiger partial charge in [-0.25, -0.2) is 0 Å². The Balaban J connectivity index is -0.000000154. The van der Waals surface area contributed by atoms with Gasteiger partial charge in [-0.2, -0.15) is 0 Å². The third-order valence-electron chi connectivity index (χ3n) is 9.94. The van der Waals surface area contributed by atoms with Crippen LogP contribution in [-0.2, 0) is 19.2 Å². The Morgan fingerprint density at radius 1 is 0.241 bits per heavy atom. The first-order valence-corrected chi connectivity index (χ1v) is 23.9. The van der Waals surface area contributed by atoms with E-state index in [2.05, 4.69) is 27.7 Å². The van der Waals surface area contributed by atoms with Gasteiger partial charge in [0.05, 0.1) is 0 Å². The third-order valence-corrected chi connectivity index (χ3v) is 9.94. The molecule has 0 saturated carbocycles. The summed E-state index contributed by atoms with van der Waals surface area (Å²) in [6.07, 6.45) is 44.7. The molecular weight excluding hydrogens is 882 g/mol. The molecule has 8 nitrogen and oxygen atoms in total. The smallest absolute Gasteiger partial charge is 0.550 e. The van der Waals surface area contributed by atoms with Gasteiger partial charge in [0.2, 0.25) is 0 Å². The van der Waals surface area contributed by atoms with Gasteiger partial charge in [0.15, 0.2) is 0 Å². The van der Waals surface area contributed by atoms with Crippen molar-refractivity contribution < 1.29 is 39.6 Å². The van der Waals surface area contributed by atoms with Crippen LogP contribution in [0.5, 0.6) is 0 Å². The molecule has 0 bridgehead atoms. The van der Waals surface area contributed by atoms with Crippen molar-refractivity contribution >= 4 is 110 Å². The van der Waals surface area contributed by atoms with Crippen LogP contribution in [0.25, 0.3) is 0 Å². The first-order chi connectivity index (χ1) is 27.1. The molecule has 0 heterocycles. The zero-order chi connectivity index (χ0) is 42.6. The van der Waals surface area contributed by atoms with Crippen LogP contribution in [0.4, 0.5) is 0 Å². The van der Waals surface area contributed by atoms with Gasteiger partial charge >= 0.3 is 86.6 Å². The van der Waals surface area contributed by atoms with Crippen molar-refractivity contribution in [3.05, 3.63) is 0 Å². The summed E-state index contributed by atoms with van der Waals surface area (Å²) in [5.74, 6) is -3.64. The van der Waals surface area contributed by atoms with Crippen LogP contribution >= 0.6 is 0 Å². The summed E-state index contributed by atoms with van der Waals surface area (Å²) in [7, 11) is 0. The Morgan fingerprint density at radius 3 is 0.448 bits per heavy atom. The summed E-state index contributed by atoms with van der Waals surface area (Å²) >= 11 is 0.